The monoisotopic (exact) mass is 533 g/mol. The third-order valence-corrected chi connectivity index (χ3v) is 5.26. The van der Waals surface area contributed by atoms with Crippen molar-refractivity contribution in [3.63, 3.8) is 0 Å². The van der Waals surface area contributed by atoms with Crippen LogP contribution in [0.2, 0.25) is 0 Å². The molecule has 2 aromatic carbocycles. The van der Waals surface area contributed by atoms with Gasteiger partial charge < -0.3 is 15.4 Å². The molecule has 0 aliphatic rings. The van der Waals surface area contributed by atoms with E-state index in [-0.39, 0.29) is 22.5 Å². The molecule has 0 fully saturated rings. The molecule has 2 aromatic rings. The van der Waals surface area contributed by atoms with Crippen molar-refractivity contribution in [2.75, 3.05) is 11.9 Å². The summed E-state index contributed by atoms with van der Waals surface area (Å²) >= 11 is 8.71. The number of halogens is 1. The first-order valence-corrected chi connectivity index (χ1v) is 12.3. The lowest BCUT2D eigenvalue weighted by molar-refractivity contribution is 0.0918. The van der Waals surface area contributed by atoms with Gasteiger partial charge in [0.2, 0.25) is 0 Å². The Bertz CT molecular complexity index is 972. The molecule has 33 heavy (non-hydrogen) atoms. The molecular formula is C25H32BrN3O3S. The highest BCUT2D eigenvalue weighted by Crippen LogP contribution is 2.24. The Balaban J connectivity index is 1.97. The molecule has 0 aromatic heterocycles. The standard InChI is InChI=1S/C25H32BrN3O3S/c1-5-6-7-8-15-32-21-14-11-18(26)16-20(21)23(31)28-24(33)27-19-12-9-17(10-13-19)22(30)29-25(2,3)4/h9-14,16H,5-8,15H2,1-4H3,(H,29,30)(H2,27,28,31,33). The van der Waals surface area contributed by atoms with Crippen molar-refractivity contribution in [2.45, 2.75) is 58.9 Å². The molecule has 0 aliphatic carbocycles. The van der Waals surface area contributed by atoms with Crippen molar-refractivity contribution in [3.8, 4) is 5.75 Å². The van der Waals surface area contributed by atoms with Gasteiger partial charge in [0.05, 0.1) is 12.2 Å². The first kappa shape index (κ1) is 26.8. The lowest BCUT2D eigenvalue weighted by atomic mass is 10.1. The van der Waals surface area contributed by atoms with Crippen molar-refractivity contribution in [2.24, 2.45) is 0 Å². The summed E-state index contributed by atoms with van der Waals surface area (Å²) in [6, 6.07) is 12.2. The van der Waals surface area contributed by atoms with Crippen LogP contribution in [0.1, 0.15) is 74.1 Å². The molecule has 0 aliphatic heterocycles. The molecule has 0 bridgehead atoms. The quantitative estimate of drug-likeness (QED) is 0.269. The van der Waals surface area contributed by atoms with Gasteiger partial charge in [-0.2, -0.15) is 0 Å². The van der Waals surface area contributed by atoms with Gasteiger partial charge in [-0.05, 0) is 81.9 Å². The molecular weight excluding hydrogens is 502 g/mol. The van der Waals surface area contributed by atoms with E-state index in [0.717, 1.165) is 23.7 Å². The van der Waals surface area contributed by atoms with Crippen molar-refractivity contribution in [3.05, 3.63) is 58.1 Å². The van der Waals surface area contributed by atoms with Crippen LogP contribution in [0.3, 0.4) is 0 Å². The SMILES string of the molecule is CCCCCCOc1ccc(Br)cc1C(=O)NC(=S)Nc1ccc(C(=O)NC(C)(C)C)cc1. The van der Waals surface area contributed by atoms with E-state index >= 15 is 0 Å². The van der Waals surface area contributed by atoms with Crippen LogP contribution < -0.4 is 20.7 Å². The molecule has 0 heterocycles. The number of amides is 2. The predicted molar refractivity (Wildman–Crippen MR) is 141 cm³/mol. The summed E-state index contributed by atoms with van der Waals surface area (Å²) in [5, 5.41) is 8.74. The molecule has 2 amide bonds. The van der Waals surface area contributed by atoms with Crippen LogP contribution in [-0.2, 0) is 0 Å². The number of unbranched alkanes of at least 4 members (excludes halogenated alkanes) is 3. The van der Waals surface area contributed by atoms with Gasteiger partial charge in [0, 0.05) is 21.3 Å². The number of hydrogen-bond donors (Lipinski definition) is 3. The number of hydrogen-bond acceptors (Lipinski definition) is 4. The minimum Gasteiger partial charge on any atom is -0.493 e. The van der Waals surface area contributed by atoms with E-state index in [0.29, 0.717) is 29.2 Å². The number of carbonyl (C=O) groups is 2. The van der Waals surface area contributed by atoms with Gasteiger partial charge in [-0.15, -0.1) is 0 Å². The lowest BCUT2D eigenvalue weighted by Gasteiger charge is -2.20. The molecule has 8 heteroatoms. The fourth-order valence-electron chi connectivity index (χ4n) is 2.97. The summed E-state index contributed by atoms with van der Waals surface area (Å²) in [5.41, 5.74) is 1.29. The third kappa shape index (κ3) is 9.52. The van der Waals surface area contributed by atoms with Crippen molar-refractivity contribution in [1.29, 1.82) is 0 Å². The Hall–Kier alpha value is -2.45. The van der Waals surface area contributed by atoms with E-state index < -0.39 is 0 Å². The summed E-state index contributed by atoms with van der Waals surface area (Å²) in [7, 11) is 0. The summed E-state index contributed by atoms with van der Waals surface area (Å²) in [6.45, 7) is 8.50. The van der Waals surface area contributed by atoms with E-state index in [1.807, 2.05) is 26.8 Å². The number of rotatable bonds is 9. The van der Waals surface area contributed by atoms with E-state index in [4.69, 9.17) is 17.0 Å². The highest BCUT2D eigenvalue weighted by molar-refractivity contribution is 9.10. The first-order chi connectivity index (χ1) is 15.6. The first-order valence-electron chi connectivity index (χ1n) is 11.1. The smallest absolute Gasteiger partial charge is 0.261 e. The Kier molecular flexibility index (Phi) is 10.3. The maximum atomic E-state index is 12.8. The molecule has 0 saturated carbocycles. The van der Waals surface area contributed by atoms with Crippen LogP contribution in [0.4, 0.5) is 5.69 Å². The second-order valence-electron chi connectivity index (χ2n) is 8.74. The number of thiocarbonyl (C=S) groups is 1. The number of anilines is 1. The molecule has 6 nitrogen and oxygen atoms in total. The highest BCUT2D eigenvalue weighted by atomic mass is 79.9. The van der Waals surface area contributed by atoms with E-state index in [2.05, 4.69) is 38.8 Å². The average Bonchev–Trinajstić information content (AvgIpc) is 2.73. The Morgan fingerprint density at radius 3 is 2.33 bits per heavy atom. The highest BCUT2D eigenvalue weighted by Gasteiger charge is 2.16. The van der Waals surface area contributed by atoms with Crippen molar-refractivity contribution < 1.29 is 14.3 Å². The Morgan fingerprint density at radius 1 is 1.00 bits per heavy atom. The van der Waals surface area contributed by atoms with Gasteiger partial charge in [-0.25, -0.2) is 0 Å². The van der Waals surface area contributed by atoms with Crippen molar-refractivity contribution in [1.82, 2.24) is 10.6 Å². The summed E-state index contributed by atoms with van der Waals surface area (Å²) < 4.78 is 6.62. The van der Waals surface area contributed by atoms with Gasteiger partial charge in [0.15, 0.2) is 5.11 Å². The second-order valence-corrected chi connectivity index (χ2v) is 10.1. The molecule has 3 N–H and O–H groups in total. The summed E-state index contributed by atoms with van der Waals surface area (Å²) in [4.78, 5) is 25.1. The van der Waals surface area contributed by atoms with Crippen LogP contribution in [0.15, 0.2) is 46.9 Å². The maximum Gasteiger partial charge on any atom is 0.261 e. The molecule has 0 spiro atoms. The van der Waals surface area contributed by atoms with Crippen LogP contribution in [0.25, 0.3) is 0 Å². The number of nitrogens with one attached hydrogen (secondary N) is 3. The summed E-state index contributed by atoms with van der Waals surface area (Å²) in [6.07, 6.45) is 4.36. The largest absolute Gasteiger partial charge is 0.493 e. The van der Waals surface area contributed by atoms with Crippen LogP contribution in [0.5, 0.6) is 5.75 Å². The van der Waals surface area contributed by atoms with Crippen molar-refractivity contribution >= 4 is 50.8 Å². The topological polar surface area (TPSA) is 79.5 Å². The van der Waals surface area contributed by atoms with E-state index in [1.165, 1.54) is 6.42 Å². The molecule has 0 radical (unpaired) electrons. The van der Waals surface area contributed by atoms with Gasteiger partial charge >= 0.3 is 0 Å². The zero-order valence-corrected chi connectivity index (χ0v) is 22.0. The predicted octanol–water partition coefficient (Wildman–Crippen LogP) is 6.06. The molecule has 0 atom stereocenters. The van der Waals surface area contributed by atoms with Gasteiger partial charge in [0.1, 0.15) is 5.75 Å². The van der Waals surface area contributed by atoms with E-state index in [9.17, 15) is 9.59 Å². The molecule has 0 unspecified atom stereocenters. The fourth-order valence-corrected chi connectivity index (χ4v) is 3.54. The minimum absolute atomic E-state index is 0.151. The zero-order chi connectivity index (χ0) is 24.4. The lowest BCUT2D eigenvalue weighted by Crippen LogP contribution is -2.40. The minimum atomic E-state index is -0.362. The van der Waals surface area contributed by atoms with Crippen LogP contribution >= 0.6 is 28.1 Å². The third-order valence-electron chi connectivity index (χ3n) is 4.56. The molecule has 2 rings (SSSR count). The Morgan fingerprint density at radius 2 is 1.70 bits per heavy atom. The van der Waals surface area contributed by atoms with Gasteiger partial charge in [0.25, 0.3) is 11.8 Å². The van der Waals surface area contributed by atoms with E-state index in [1.54, 1.807) is 36.4 Å². The fraction of sp³-hybridized carbons (Fsp3) is 0.400. The van der Waals surface area contributed by atoms with Crippen LogP contribution in [0, 0.1) is 0 Å². The average molecular weight is 535 g/mol. The van der Waals surface area contributed by atoms with Gasteiger partial charge in [-0.1, -0.05) is 42.1 Å². The summed E-state index contributed by atoms with van der Waals surface area (Å²) in [5.74, 6) is 0.00422. The molecule has 0 saturated heterocycles. The molecule has 178 valence electrons. The second kappa shape index (κ2) is 12.7. The van der Waals surface area contributed by atoms with Gasteiger partial charge in [-0.3, -0.25) is 14.9 Å². The Labute approximate surface area is 210 Å². The number of ether oxygens (including phenoxy) is 1. The number of carbonyl (C=O) groups excluding carboxylic acids is 2. The normalized spacial score (nSPS) is 10.9. The number of benzene rings is 2. The zero-order valence-electron chi connectivity index (χ0n) is 19.6. The maximum absolute atomic E-state index is 12.8. The van der Waals surface area contributed by atoms with Crippen LogP contribution in [-0.4, -0.2) is 29.1 Å².